The molecule has 3 heterocycles. The van der Waals surface area contributed by atoms with Crippen molar-refractivity contribution in [3.63, 3.8) is 0 Å². The number of aromatic nitrogens is 2. The van der Waals surface area contributed by atoms with Gasteiger partial charge in [-0.1, -0.05) is 0 Å². The highest BCUT2D eigenvalue weighted by molar-refractivity contribution is 6.99. The van der Waals surface area contributed by atoms with Gasteiger partial charge in [-0.25, -0.2) is 0 Å². The van der Waals surface area contributed by atoms with Crippen LogP contribution in [0.4, 0.5) is 0 Å². The van der Waals surface area contributed by atoms with Gasteiger partial charge in [-0.2, -0.15) is 4.37 Å². The van der Waals surface area contributed by atoms with E-state index in [1.807, 2.05) is 4.90 Å². The number of nitrogens with one attached hydrogen (secondary N) is 1. The van der Waals surface area contributed by atoms with Gasteiger partial charge in [0, 0.05) is 25.9 Å². The predicted octanol–water partition coefficient (Wildman–Crippen LogP) is 0.0440. The molecule has 1 N–H and O–H groups in total. The maximum Gasteiger partial charge on any atom is 0.246 e. The van der Waals surface area contributed by atoms with Gasteiger partial charge >= 0.3 is 0 Å². The lowest BCUT2D eigenvalue weighted by molar-refractivity contribution is -0.136. The van der Waals surface area contributed by atoms with Crippen molar-refractivity contribution in [3.05, 3.63) is 6.20 Å². The monoisotopic (exact) mass is 296 g/mol. The molecule has 20 heavy (non-hydrogen) atoms. The summed E-state index contributed by atoms with van der Waals surface area (Å²) in [5.74, 6) is 0.590. The van der Waals surface area contributed by atoms with Gasteiger partial charge in [0.2, 0.25) is 17.7 Å². The Balaban J connectivity index is 1.51. The van der Waals surface area contributed by atoms with Gasteiger partial charge in [0.05, 0.1) is 24.2 Å². The fourth-order valence-corrected chi connectivity index (χ4v) is 2.96. The molecule has 0 radical (unpaired) electrons. The van der Waals surface area contributed by atoms with Crippen molar-refractivity contribution in [3.8, 4) is 5.88 Å². The minimum absolute atomic E-state index is 0.0129. The number of hydrogen-bond donors (Lipinski definition) is 1. The molecule has 108 valence electrons. The summed E-state index contributed by atoms with van der Waals surface area (Å²) < 4.78 is 13.6. The first kappa shape index (κ1) is 13.3. The normalized spacial score (nSPS) is 26.4. The molecule has 2 amide bonds. The molecule has 0 spiro atoms. The zero-order valence-corrected chi connectivity index (χ0v) is 11.8. The molecule has 3 rings (SSSR count). The van der Waals surface area contributed by atoms with E-state index in [0.717, 1.165) is 18.1 Å². The molecule has 2 unspecified atom stereocenters. The van der Waals surface area contributed by atoms with E-state index in [9.17, 15) is 9.59 Å². The van der Waals surface area contributed by atoms with Crippen molar-refractivity contribution in [2.24, 2.45) is 5.92 Å². The van der Waals surface area contributed by atoms with E-state index in [4.69, 9.17) is 4.74 Å². The number of nitrogens with zero attached hydrogens (tertiary/aromatic N) is 3. The molecule has 2 aliphatic rings. The van der Waals surface area contributed by atoms with Crippen molar-refractivity contribution in [2.45, 2.75) is 25.4 Å². The molecular formula is C12H16N4O3S. The van der Waals surface area contributed by atoms with Crippen LogP contribution < -0.4 is 10.1 Å². The van der Waals surface area contributed by atoms with Crippen LogP contribution in [-0.4, -0.2) is 51.2 Å². The third kappa shape index (κ3) is 2.90. The number of carbonyl (C=O) groups is 2. The Kier molecular flexibility index (Phi) is 3.81. The third-order valence-electron chi connectivity index (χ3n) is 3.70. The second-order valence-corrected chi connectivity index (χ2v) is 5.65. The minimum Gasteiger partial charge on any atom is -0.471 e. The first-order valence-corrected chi connectivity index (χ1v) is 7.45. The van der Waals surface area contributed by atoms with Crippen molar-refractivity contribution < 1.29 is 14.3 Å². The summed E-state index contributed by atoms with van der Waals surface area (Å²) in [6, 6.07) is 0. The summed E-state index contributed by atoms with van der Waals surface area (Å²) in [5.41, 5.74) is 0. The Bertz CT molecular complexity index is 483. The molecule has 2 atom stereocenters. The van der Waals surface area contributed by atoms with E-state index in [-0.39, 0.29) is 23.8 Å². The minimum atomic E-state index is -0.0904. The van der Waals surface area contributed by atoms with Gasteiger partial charge < -0.3 is 15.0 Å². The Morgan fingerprint density at radius 1 is 1.50 bits per heavy atom. The largest absolute Gasteiger partial charge is 0.471 e. The van der Waals surface area contributed by atoms with Gasteiger partial charge in [-0.3, -0.25) is 9.59 Å². The molecule has 7 nitrogen and oxygen atoms in total. The second-order valence-electron chi connectivity index (χ2n) is 5.10. The summed E-state index contributed by atoms with van der Waals surface area (Å²) in [4.78, 5) is 25.3. The molecular weight excluding hydrogens is 280 g/mol. The van der Waals surface area contributed by atoms with Crippen LogP contribution >= 0.6 is 11.7 Å². The van der Waals surface area contributed by atoms with Crippen LogP contribution in [0.25, 0.3) is 0 Å². The van der Waals surface area contributed by atoms with Crippen LogP contribution in [0.3, 0.4) is 0 Å². The van der Waals surface area contributed by atoms with E-state index in [2.05, 4.69) is 14.1 Å². The Labute approximate surface area is 120 Å². The second kappa shape index (κ2) is 5.74. The highest BCUT2D eigenvalue weighted by atomic mass is 32.1. The van der Waals surface area contributed by atoms with Crippen LogP contribution in [0, 0.1) is 5.92 Å². The van der Waals surface area contributed by atoms with Crippen molar-refractivity contribution in [1.82, 2.24) is 19.0 Å². The van der Waals surface area contributed by atoms with E-state index in [1.54, 1.807) is 6.20 Å². The molecule has 2 fully saturated rings. The van der Waals surface area contributed by atoms with Crippen molar-refractivity contribution in [2.75, 3.05) is 19.6 Å². The molecule has 1 aromatic heterocycles. The number of ether oxygens (including phenoxy) is 1. The lowest BCUT2D eigenvalue weighted by Crippen LogP contribution is -2.44. The average Bonchev–Trinajstić information content (AvgIpc) is 3.11. The van der Waals surface area contributed by atoms with Gasteiger partial charge in [-0.05, 0) is 6.42 Å². The van der Waals surface area contributed by atoms with Gasteiger partial charge in [0.25, 0.3) is 0 Å². The zero-order chi connectivity index (χ0) is 13.9. The number of amides is 2. The molecule has 0 bridgehead atoms. The highest BCUT2D eigenvalue weighted by Gasteiger charge is 2.33. The number of rotatable bonds is 3. The summed E-state index contributed by atoms with van der Waals surface area (Å²) in [6.45, 7) is 1.74. The van der Waals surface area contributed by atoms with E-state index in [0.29, 0.717) is 38.4 Å². The topological polar surface area (TPSA) is 84.4 Å². The lowest BCUT2D eigenvalue weighted by Gasteiger charge is -2.26. The Hall–Kier alpha value is -1.70. The van der Waals surface area contributed by atoms with Crippen molar-refractivity contribution in [1.29, 1.82) is 0 Å². The highest BCUT2D eigenvalue weighted by Crippen LogP contribution is 2.21. The maximum absolute atomic E-state index is 12.3. The predicted molar refractivity (Wildman–Crippen MR) is 71.3 cm³/mol. The Morgan fingerprint density at radius 3 is 3.10 bits per heavy atom. The van der Waals surface area contributed by atoms with Crippen LogP contribution in [0.1, 0.15) is 19.3 Å². The molecule has 1 aromatic rings. The van der Waals surface area contributed by atoms with Crippen LogP contribution in [-0.2, 0) is 9.59 Å². The molecule has 0 aromatic carbocycles. The number of carbonyl (C=O) groups excluding carboxylic acids is 2. The van der Waals surface area contributed by atoms with E-state index < -0.39 is 0 Å². The number of likely N-dealkylation sites (tertiary alicyclic amines) is 1. The average molecular weight is 296 g/mol. The number of piperidine rings is 1. The number of hydrogen-bond acceptors (Lipinski definition) is 6. The zero-order valence-electron chi connectivity index (χ0n) is 10.9. The first-order chi connectivity index (χ1) is 9.72. The molecule has 8 heteroatoms. The van der Waals surface area contributed by atoms with Gasteiger partial charge in [0.15, 0.2) is 0 Å². The maximum atomic E-state index is 12.3. The lowest BCUT2D eigenvalue weighted by atomic mass is 9.98. The van der Waals surface area contributed by atoms with E-state index in [1.165, 1.54) is 0 Å². The van der Waals surface area contributed by atoms with E-state index >= 15 is 0 Å². The van der Waals surface area contributed by atoms with Crippen molar-refractivity contribution >= 4 is 23.5 Å². The van der Waals surface area contributed by atoms with Crippen LogP contribution in [0.2, 0.25) is 0 Å². The van der Waals surface area contributed by atoms with Gasteiger partial charge in [0.1, 0.15) is 12.3 Å². The summed E-state index contributed by atoms with van der Waals surface area (Å²) in [7, 11) is 0. The molecule has 0 aliphatic carbocycles. The smallest absolute Gasteiger partial charge is 0.246 e. The molecule has 2 saturated heterocycles. The fourth-order valence-electron chi connectivity index (χ4n) is 2.61. The SMILES string of the molecule is O=C1CCC(C(=O)N2CCC(Oc3cnsn3)C2)CN1. The Morgan fingerprint density at radius 2 is 2.40 bits per heavy atom. The molecule has 2 aliphatic heterocycles. The quantitative estimate of drug-likeness (QED) is 0.851. The van der Waals surface area contributed by atoms with Crippen LogP contribution in [0.5, 0.6) is 5.88 Å². The first-order valence-electron chi connectivity index (χ1n) is 6.72. The fraction of sp³-hybridized carbons (Fsp3) is 0.667. The molecule has 0 saturated carbocycles. The van der Waals surface area contributed by atoms with Crippen LogP contribution in [0.15, 0.2) is 6.20 Å². The summed E-state index contributed by atoms with van der Waals surface area (Å²) in [5, 5.41) is 2.75. The summed E-state index contributed by atoms with van der Waals surface area (Å²) >= 11 is 1.11. The summed E-state index contributed by atoms with van der Waals surface area (Å²) in [6.07, 6.45) is 3.46. The standard InChI is InChI=1S/C12H16N4O3S/c17-10-2-1-8(5-13-10)12(18)16-4-3-9(7-16)19-11-6-14-20-15-11/h6,8-9H,1-5,7H2,(H,13,17). The van der Waals surface area contributed by atoms with Gasteiger partial charge in [-0.15, -0.1) is 4.37 Å². The third-order valence-corrected chi connectivity index (χ3v) is 4.16.